The molecule has 26 heavy (non-hydrogen) atoms. The molecule has 132 valence electrons. The number of thioether (sulfide) groups is 1. The molecule has 0 radical (unpaired) electrons. The number of aromatic nitrogens is 3. The highest BCUT2D eigenvalue weighted by Gasteiger charge is 2.29. The lowest BCUT2D eigenvalue weighted by Gasteiger charge is -2.17. The number of aryl methyl sites for hydroxylation is 1. The highest BCUT2D eigenvalue weighted by atomic mass is 35.5. The van der Waals surface area contributed by atoms with Gasteiger partial charge in [0.1, 0.15) is 0 Å². The van der Waals surface area contributed by atoms with Gasteiger partial charge in [0.25, 0.3) is 0 Å². The minimum Gasteiger partial charge on any atom is -0.308 e. The lowest BCUT2D eigenvalue weighted by Crippen LogP contribution is -2.12. The van der Waals surface area contributed by atoms with E-state index in [-0.39, 0.29) is 11.2 Å². The molecule has 1 atom stereocenters. The number of carbonyl (C=O) groups excluding carboxylic acids is 1. The fourth-order valence-electron chi connectivity index (χ4n) is 3.14. The Morgan fingerprint density at radius 1 is 1.31 bits per heavy atom. The summed E-state index contributed by atoms with van der Waals surface area (Å²) >= 11 is 7.71. The highest BCUT2D eigenvalue weighted by molar-refractivity contribution is 8.00. The number of carbonyl (C=O) groups is 1. The molecule has 4 rings (SSSR count). The van der Waals surface area contributed by atoms with Crippen LogP contribution in [0, 0.1) is 6.92 Å². The second-order valence-corrected chi connectivity index (χ2v) is 7.83. The van der Waals surface area contributed by atoms with E-state index in [0.717, 1.165) is 34.0 Å². The normalized spacial score (nSPS) is 16.7. The van der Waals surface area contributed by atoms with Crippen LogP contribution in [-0.2, 0) is 11.2 Å². The number of nitrogens with one attached hydrogen (secondary N) is 2. The smallest absolute Gasteiger partial charge is 0.235 e. The monoisotopic (exact) mass is 384 g/mol. The number of rotatable bonds is 3. The van der Waals surface area contributed by atoms with Crippen LogP contribution in [-0.4, -0.2) is 26.8 Å². The first-order valence-electron chi connectivity index (χ1n) is 8.28. The zero-order valence-electron chi connectivity index (χ0n) is 14.1. The summed E-state index contributed by atoms with van der Waals surface area (Å²) < 4.78 is 0. The maximum atomic E-state index is 12.1. The Hall–Kier alpha value is -2.31. The van der Waals surface area contributed by atoms with E-state index >= 15 is 0 Å². The van der Waals surface area contributed by atoms with Crippen LogP contribution in [0.5, 0.6) is 0 Å². The van der Waals surface area contributed by atoms with Gasteiger partial charge in [0, 0.05) is 22.0 Å². The lowest BCUT2D eigenvalue weighted by atomic mass is 9.99. The van der Waals surface area contributed by atoms with Gasteiger partial charge in [0.15, 0.2) is 5.82 Å². The molecular formula is C19H17ClN4OS. The van der Waals surface area contributed by atoms with Gasteiger partial charge in [-0.2, -0.15) is 5.10 Å². The molecular weight excluding hydrogens is 368 g/mol. The Morgan fingerprint density at radius 3 is 2.96 bits per heavy atom. The molecule has 1 aliphatic rings. The minimum absolute atomic E-state index is 0.0364. The van der Waals surface area contributed by atoms with Crippen LogP contribution in [0.25, 0.3) is 11.4 Å². The lowest BCUT2D eigenvalue weighted by molar-refractivity contribution is -0.113. The Labute approximate surface area is 160 Å². The van der Waals surface area contributed by atoms with Gasteiger partial charge in [0.2, 0.25) is 5.91 Å². The van der Waals surface area contributed by atoms with Gasteiger partial charge < -0.3 is 5.32 Å². The molecule has 1 unspecified atom stereocenters. The van der Waals surface area contributed by atoms with Crippen molar-refractivity contribution in [3.8, 4) is 11.4 Å². The van der Waals surface area contributed by atoms with Gasteiger partial charge in [0.05, 0.1) is 17.1 Å². The molecule has 0 spiro atoms. The Bertz CT molecular complexity index is 957. The third-order valence-electron chi connectivity index (χ3n) is 4.43. The van der Waals surface area contributed by atoms with Crippen molar-refractivity contribution in [3.63, 3.8) is 0 Å². The highest BCUT2D eigenvalue weighted by Crippen LogP contribution is 2.43. The fraction of sp³-hybridized carbons (Fsp3) is 0.211. The van der Waals surface area contributed by atoms with Crippen LogP contribution in [0.3, 0.4) is 0 Å². The average Bonchev–Trinajstić information content (AvgIpc) is 2.97. The Balaban J connectivity index is 1.77. The average molecular weight is 385 g/mol. The standard InChI is InChI=1S/C19H17ClN4OS/c1-11-8-13(20)6-5-12(11)9-15-17-18(14-4-2-3-7-21-14)23-24-19(17)22-16(25)10-26-15/h2-8,15H,9-10H2,1H3,(H2,22,23,24,25). The maximum absolute atomic E-state index is 12.1. The van der Waals surface area contributed by atoms with Crippen molar-refractivity contribution in [1.29, 1.82) is 0 Å². The first kappa shape index (κ1) is 17.1. The van der Waals surface area contributed by atoms with E-state index in [0.29, 0.717) is 11.6 Å². The van der Waals surface area contributed by atoms with Crippen molar-refractivity contribution >= 4 is 35.1 Å². The molecule has 2 aromatic heterocycles. The largest absolute Gasteiger partial charge is 0.308 e. The van der Waals surface area contributed by atoms with Gasteiger partial charge in [-0.25, -0.2) is 0 Å². The molecule has 0 saturated carbocycles. The Kier molecular flexibility index (Phi) is 4.70. The van der Waals surface area contributed by atoms with E-state index in [1.807, 2.05) is 30.3 Å². The molecule has 7 heteroatoms. The number of aromatic amines is 1. The van der Waals surface area contributed by atoms with E-state index in [1.165, 1.54) is 5.56 Å². The van der Waals surface area contributed by atoms with Crippen molar-refractivity contribution in [2.75, 3.05) is 11.1 Å². The van der Waals surface area contributed by atoms with Crippen LogP contribution in [0.4, 0.5) is 5.82 Å². The van der Waals surface area contributed by atoms with Crippen molar-refractivity contribution in [1.82, 2.24) is 15.2 Å². The Morgan fingerprint density at radius 2 is 2.19 bits per heavy atom. The molecule has 0 saturated heterocycles. The van der Waals surface area contributed by atoms with E-state index in [2.05, 4.69) is 33.5 Å². The predicted octanol–water partition coefficient (Wildman–Crippen LogP) is 4.40. The predicted molar refractivity (Wildman–Crippen MR) is 106 cm³/mol. The fourth-order valence-corrected chi connectivity index (χ4v) is 4.49. The number of hydrogen-bond acceptors (Lipinski definition) is 4. The van der Waals surface area contributed by atoms with Gasteiger partial charge >= 0.3 is 0 Å². The number of hydrogen-bond donors (Lipinski definition) is 2. The number of fused-ring (bicyclic) bond motifs is 1. The third kappa shape index (κ3) is 3.34. The molecule has 3 aromatic rings. The van der Waals surface area contributed by atoms with E-state index in [1.54, 1.807) is 18.0 Å². The first-order valence-corrected chi connectivity index (χ1v) is 9.70. The molecule has 0 bridgehead atoms. The van der Waals surface area contributed by atoms with Crippen LogP contribution >= 0.6 is 23.4 Å². The second kappa shape index (κ2) is 7.13. The molecule has 1 aliphatic heterocycles. The summed E-state index contributed by atoms with van der Waals surface area (Å²) in [5.74, 6) is 0.956. The number of H-pyrrole nitrogens is 1. The molecule has 0 aliphatic carbocycles. The van der Waals surface area contributed by atoms with Gasteiger partial charge in [-0.1, -0.05) is 23.7 Å². The topological polar surface area (TPSA) is 70.7 Å². The van der Waals surface area contributed by atoms with Crippen molar-refractivity contribution in [2.45, 2.75) is 18.6 Å². The molecule has 0 fully saturated rings. The number of nitrogens with zero attached hydrogens (tertiary/aromatic N) is 2. The minimum atomic E-state index is -0.0364. The summed E-state index contributed by atoms with van der Waals surface area (Å²) in [6, 6.07) is 11.7. The maximum Gasteiger partial charge on any atom is 0.235 e. The van der Waals surface area contributed by atoms with Crippen molar-refractivity contribution < 1.29 is 4.79 Å². The summed E-state index contributed by atoms with van der Waals surface area (Å²) in [7, 11) is 0. The van der Waals surface area contributed by atoms with Crippen LogP contribution in [0.15, 0.2) is 42.6 Å². The summed E-state index contributed by atoms with van der Waals surface area (Å²) in [4.78, 5) is 16.5. The molecule has 2 N–H and O–H groups in total. The van der Waals surface area contributed by atoms with Crippen LogP contribution in [0.2, 0.25) is 5.02 Å². The molecule has 1 amide bonds. The van der Waals surface area contributed by atoms with Crippen molar-refractivity contribution in [3.05, 3.63) is 64.3 Å². The summed E-state index contributed by atoms with van der Waals surface area (Å²) in [5.41, 5.74) is 5.02. The SMILES string of the molecule is Cc1cc(Cl)ccc1CC1SCC(=O)Nc2n[nH]c(-c3ccccn3)c21. The summed E-state index contributed by atoms with van der Waals surface area (Å²) in [6.45, 7) is 2.06. The van der Waals surface area contributed by atoms with Crippen LogP contribution in [0.1, 0.15) is 21.9 Å². The molecule has 1 aromatic carbocycles. The number of halogens is 1. The zero-order valence-corrected chi connectivity index (χ0v) is 15.7. The van der Waals surface area contributed by atoms with Gasteiger partial charge in [-0.05, 0) is 48.7 Å². The number of anilines is 1. The molecule has 3 heterocycles. The first-order chi connectivity index (χ1) is 12.6. The van der Waals surface area contributed by atoms with Gasteiger partial charge in [-0.15, -0.1) is 11.8 Å². The number of amides is 1. The number of benzene rings is 1. The van der Waals surface area contributed by atoms with E-state index in [9.17, 15) is 4.79 Å². The van der Waals surface area contributed by atoms with Crippen molar-refractivity contribution in [2.24, 2.45) is 0 Å². The summed E-state index contributed by atoms with van der Waals surface area (Å²) in [5, 5.41) is 11.1. The van der Waals surface area contributed by atoms with Gasteiger partial charge in [-0.3, -0.25) is 14.9 Å². The summed E-state index contributed by atoms with van der Waals surface area (Å²) in [6.07, 6.45) is 2.54. The molecule has 5 nitrogen and oxygen atoms in total. The third-order valence-corrected chi connectivity index (χ3v) is 5.90. The zero-order chi connectivity index (χ0) is 18.1. The quantitative estimate of drug-likeness (QED) is 0.702. The van der Waals surface area contributed by atoms with E-state index < -0.39 is 0 Å². The second-order valence-electron chi connectivity index (χ2n) is 6.20. The van der Waals surface area contributed by atoms with E-state index in [4.69, 9.17) is 11.6 Å². The number of pyridine rings is 1. The van der Waals surface area contributed by atoms with Crippen LogP contribution < -0.4 is 5.32 Å².